The van der Waals surface area contributed by atoms with E-state index in [4.69, 9.17) is 4.74 Å². The van der Waals surface area contributed by atoms with E-state index in [-0.39, 0.29) is 0 Å². The van der Waals surface area contributed by atoms with Crippen LogP contribution in [0.3, 0.4) is 0 Å². The molecule has 0 aromatic heterocycles. The minimum Gasteiger partial charge on any atom is -0.379 e. The highest BCUT2D eigenvalue weighted by atomic mass is 16.5. The van der Waals surface area contributed by atoms with Gasteiger partial charge in [0.2, 0.25) is 0 Å². The van der Waals surface area contributed by atoms with E-state index < -0.39 is 0 Å². The lowest BCUT2D eigenvalue weighted by molar-refractivity contribution is 0.0384. The second kappa shape index (κ2) is 9.83. The molecule has 4 nitrogen and oxygen atoms in total. The maximum atomic E-state index is 5.33. The lowest BCUT2D eigenvalue weighted by Gasteiger charge is -2.26. The number of nitrogens with zero attached hydrogens (tertiary/aromatic N) is 2. The van der Waals surface area contributed by atoms with Gasteiger partial charge in [-0.25, -0.2) is 0 Å². The molecule has 1 heterocycles. The van der Waals surface area contributed by atoms with Crippen LogP contribution in [0.5, 0.6) is 0 Å². The summed E-state index contributed by atoms with van der Waals surface area (Å²) in [5, 5.41) is 3.53. The Balaban J connectivity index is 1.86. The van der Waals surface area contributed by atoms with Crippen molar-refractivity contribution >= 4 is 0 Å². The first-order chi connectivity index (χ1) is 8.36. The van der Waals surface area contributed by atoms with Crippen LogP contribution >= 0.6 is 0 Å². The normalized spacial score (nSPS) is 17.8. The fraction of sp³-hybridized carbons (Fsp3) is 1.00. The van der Waals surface area contributed by atoms with Gasteiger partial charge in [-0.2, -0.15) is 0 Å². The molecule has 0 saturated carbocycles. The van der Waals surface area contributed by atoms with Gasteiger partial charge in [0.1, 0.15) is 0 Å². The predicted octanol–water partition coefficient (Wildman–Crippen LogP) is 0.640. The third-order valence-electron chi connectivity index (χ3n) is 3.43. The van der Waals surface area contributed by atoms with Crippen LogP contribution in [0.4, 0.5) is 0 Å². The summed E-state index contributed by atoms with van der Waals surface area (Å²) in [7, 11) is 0. The molecule has 0 spiro atoms. The molecule has 0 atom stereocenters. The van der Waals surface area contributed by atoms with Crippen molar-refractivity contribution in [3.8, 4) is 0 Å². The fourth-order valence-corrected chi connectivity index (χ4v) is 2.15. The van der Waals surface area contributed by atoms with Gasteiger partial charge in [0.25, 0.3) is 0 Å². The van der Waals surface area contributed by atoms with E-state index >= 15 is 0 Å². The van der Waals surface area contributed by atoms with Crippen LogP contribution in [0, 0.1) is 0 Å². The van der Waals surface area contributed by atoms with Gasteiger partial charge in [-0.15, -0.1) is 0 Å². The largest absolute Gasteiger partial charge is 0.379 e. The first-order valence-corrected chi connectivity index (χ1v) is 7.10. The number of rotatable bonds is 9. The zero-order valence-corrected chi connectivity index (χ0v) is 11.6. The Morgan fingerprint density at radius 3 is 2.47 bits per heavy atom. The molecule has 0 aromatic carbocycles. The van der Waals surface area contributed by atoms with Crippen molar-refractivity contribution in [2.24, 2.45) is 0 Å². The van der Waals surface area contributed by atoms with E-state index in [2.05, 4.69) is 29.0 Å². The van der Waals surface area contributed by atoms with Crippen molar-refractivity contribution in [1.82, 2.24) is 15.1 Å². The van der Waals surface area contributed by atoms with Gasteiger partial charge in [-0.1, -0.05) is 13.8 Å². The SMILES string of the molecule is CCN(CC)CCCNCCN1CCOCC1. The average Bonchev–Trinajstić information content (AvgIpc) is 2.39. The first-order valence-electron chi connectivity index (χ1n) is 7.10. The molecule has 1 aliphatic heterocycles. The Morgan fingerprint density at radius 2 is 1.82 bits per heavy atom. The van der Waals surface area contributed by atoms with Crippen LogP contribution in [0.25, 0.3) is 0 Å². The molecule has 1 aliphatic rings. The van der Waals surface area contributed by atoms with Gasteiger partial charge in [0.15, 0.2) is 0 Å². The van der Waals surface area contributed by atoms with Crippen molar-refractivity contribution in [2.45, 2.75) is 20.3 Å². The van der Waals surface area contributed by atoms with E-state index in [9.17, 15) is 0 Å². The first kappa shape index (κ1) is 14.9. The van der Waals surface area contributed by atoms with Crippen LogP contribution in [-0.4, -0.2) is 75.4 Å². The Morgan fingerprint density at radius 1 is 1.12 bits per heavy atom. The van der Waals surface area contributed by atoms with Gasteiger partial charge in [0.05, 0.1) is 13.2 Å². The Kier molecular flexibility index (Phi) is 8.61. The van der Waals surface area contributed by atoms with Crippen molar-refractivity contribution in [2.75, 3.05) is 65.6 Å². The molecule has 1 saturated heterocycles. The molecule has 0 bridgehead atoms. The van der Waals surface area contributed by atoms with E-state index in [1.165, 1.54) is 26.1 Å². The maximum Gasteiger partial charge on any atom is 0.0594 e. The second-order valence-electron chi connectivity index (χ2n) is 4.58. The lowest BCUT2D eigenvalue weighted by atomic mass is 10.3. The lowest BCUT2D eigenvalue weighted by Crippen LogP contribution is -2.40. The third-order valence-corrected chi connectivity index (χ3v) is 3.43. The van der Waals surface area contributed by atoms with Crippen molar-refractivity contribution in [1.29, 1.82) is 0 Å². The molecule has 102 valence electrons. The summed E-state index contributed by atoms with van der Waals surface area (Å²) in [4.78, 5) is 4.95. The minimum atomic E-state index is 0.905. The quantitative estimate of drug-likeness (QED) is 0.602. The zero-order chi connectivity index (χ0) is 12.3. The average molecular weight is 243 g/mol. The molecular weight excluding hydrogens is 214 g/mol. The second-order valence-corrected chi connectivity index (χ2v) is 4.58. The highest BCUT2D eigenvalue weighted by Gasteiger charge is 2.08. The Labute approximate surface area is 106 Å². The highest BCUT2D eigenvalue weighted by molar-refractivity contribution is 4.63. The van der Waals surface area contributed by atoms with Gasteiger partial charge in [-0.05, 0) is 32.6 Å². The molecular formula is C13H29N3O. The molecule has 0 aromatic rings. The van der Waals surface area contributed by atoms with E-state index in [0.29, 0.717) is 0 Å². The van der Waals surface area contributed by atoms with Gasteiger partial charge >= 0.3 is 0 Å². The molecule has 4 heteroatoms. The number of hydrogen-bond donors (Lipinski definition) is 1. The molecule has 17 heavy (non-hydrogen) atoms. The van der Waals surface area contributed by atoms with Crippen LogP contribution in [0.2, 0.25) is 0 Å². The van der Waals surface area contributed by atoms with Gasteiger partial charge in [-0.3, -0.25) is 4.90 Å². The van der Waals surface area contributed by atoms with Crippen LogP contribution in [-0.2, 0) is 4.74 Å². The van der Waals surface area contributed by atoms with E-state index in [1.807, 2.05) is 0 Å². The van der Waals surface area contributed by atoms with Crippen molar-refractivity contribution in [3.05, 3.63) is 0 Å². The standard InChI is InChI=1S/C13H29N3O/c1-3-15(4-2)8-5-6-14-7-9-16-10-12-17-13-11-16/h14H,3-13H2,1-2H3. The summed E-state index contributed by atoms with van der Waals surface area (Å²) < 4.78 is 5.33. The monoisotopic (exact) mass is 243 g/mol. The Bertz CT molecular complexity index is 168. The number of hydrogen-bond acceptors (Lipinski definition) is 4. The minimum absolute atomic E-state index is 0.905. The fourth-order valence-electron chi connectivity index (χ4n) is 2.15. The van der Waals surface area contributed by atoms with Crippen molar-refractivity contribution in [3.63, 3.8) is 0 Å². The van der Waals surface area contributed by atoms with E-state index in [1.54, 1.807) is 0 Å². The van der Waals surface area contributed by atoms with Crippen molar-refractivity contribution < 1.29 is 4.74 Å². The summed E-state index contributed by atoms with van der Waals surface area (Å²) in [5.41, 5.74) is 0. The summed E-state index contributed by atoms with van der Waals surface area (Å²) in [6, 6.07) is 0. The summed E-state index contributed by atoms with van der Waals surface area (Å²) in [5.74, 6) is 0. The van der Waals surface area contributed by atoms with Crippen LogP contribution < -0.4 is 5.32 Å². The van der Waals surface area contributed by atoms with Crippen LogP contribution in [0.1, 0.15) is 20.3 Å². The zero-order valence-electron chi connectivity index (χ0n) is 11.6. The molecule has 1 fully saturated rings. The highest BCUT2D eigenvalue weighted by Crippen LogP contribution is 1.95. The third kappa shape index (κ3) is 6.99. The molecule has 0 unspecified atom stereocenters. The van der Waals surface area contributed by atoms with E-state index in [0.717, 1.165) is 45.9 Å². The number of morpholine rings is 1. The number of nitrogens with one attached hydrogen (secondary N) is 1. The van der Waals surface area contributed by atoms with Crippen LogP contribution in [0.15, 0.2) is 0 Å². The van der Waals surface area contributed by atoms with Gasteiger partial charge < -0.3 is 15.0 Å². The summed E-state index contributed by atoms with van der Waals surface area (Å²) in [6.07, 6.45) is 1.25. The van der Waals surface area contributed by atoms with Gasteiger partial charge in [0, 0.05) is 26.2 Å². The number of ether oxygens (including phenoxy) is 1. The molecule has 1 N–H and O–H groups in total. The topological polar surface area (TPSA) is 27.7 Å². The molecule has 1 rings (SSSR count). The predicted molar refractivity (Wildman–Crippen MR) is 72.5 cm³/mol. The summed E-state index contributed by atoms with van der Waals surface area (Å²) >= 11 is 0. The summed E-state index contributed by atoms with van der Waals surface area (Å²) in [6.45, 7) is 15.4. The maximum absolute atomic E-state index is 5.33. The Hall–Kier alpha value is -0.160. The smallest absolute Gasteiger partial charge is 0.0594 e. The molecule has 0 aliphatic carbocycles. The molecule has 0 amide bonds. The molecule has 0 radical (unpaired) electrons.